The topological polar surface area (TPSA) is 119 Å². The van der Waals surface area contributed by atoms with E-state index in [9.17, 15) is 31.9 Å². The Morgan fingerprint density at radius 3 is 2.41 bits per heavy atom. The average molecular weight is 481 g/mol. The molecule has 0 aliphatic carbocycles. The van der Waals surface area contributed by atoms with Gasteiger partial charge in [-0.15, -0.1) is 0 Å². The number of ketones is 1. The molecule has 2 amide bonds. The minimum absolute atomic E-state index is 0.0862. The van der Waals surface area contributed by atoms with Crippen LogP contribution < -0.4 is 10.6 Å². The molecule has 0 fully saturated rings. The lowest BCUT2D eigenvalue weighted by atomic mass is 10.1. The molecular weight excluding hydrogens is 462 g/mol. The Hall–Kier alpha value is -4.03. The number of rotatable bonds is 6. The molecule has 2 aromatic heterocycles. The normalized spacial score (nSPS) is 11.4. The van der Waals surface area contributed by atoms with Crippen LogP contribution in [-0.4, -0.2) is 32.3 Å². The van der Waals surface area contributed by atoms with Gasteiger partial charge in [0.1, 0.15) is 5.82 Å². The number of nitrogens with zero attached hydrogens (tertiary/aromatic N) is 3. The van der Waals surface area contributed by atoms with Gasteiger partial charge in [-0.3, -0.25) is 14.4 Å². The maximum Gasteiger partial charge on any atom is 0.455 e. The van der Waals surface area contributed by atoms with Crippen molar-refractivity contribution in [2.45, 2.75) is 33.5 Å². The molecule has 0 saturated carbocycles. The van der Waals surface area contributed by atoms with E-state index in [1.807, 2.05) is 0 Å². The van der Waals surface area contributed by atoms with E-state index in [0.717, 1.165) is 0 Å². The number of aryl methyl sites for hydroxylation is 1. The number of benzene rings is 1. The summed E-state index contributed by atoms with van der Waals surface area (Å²) >= 11 is 0. The highest BCUT2D eigenvalue weighted by Crippen LogP contribution is 2.26. The van der Waals surface area contributed by atoms with Crippen molar-refractivity contribution < 1.29 is 36.5 Å². The number of carbonyl (C=O) groups is 3. The molecule has 0 radical (unpaired) electrons. The summed E-state index contributed by atoms with van der Waals surface area (Å²) in [6, 6.07) is 4.03. The zero-order chi connectivity index (χ0) is 25.4. The Kier molecular flexibility index (Phi) is 6.57. The van der Waals surface area contributed by atoms with Crippen molar-refractivity contribution in [1.82, 2.24) is 20.0 Å². The number of alkyl halides is 3. The number of hydrogen-bond acceptors (Lipinski definition) is 6. The predicted molar refractivity (Wildman–Crippen MR) is 109 cm³/mol. The number of Topliss-reactive ketones (excluding diaryl/α,β-unsaturated/α-hetero) is 1. The van der Waals surface area contributed by atoms with E-state index in [0.29, 0.717) is 16.9 Å². The van der Waals surface area contributed by atoms with Crippen molar-refractivity contribution in [3.8, 4) is 0 Å². The number of amides is 2. The van der Waals surface area contributed by atoms with E-state index in [1.165, 1.54) is 43.7 Å². The largest absolute Gasteiger partial charge is 0.455 e. The fourth-order valence-electron chi connectivity index (χ4n) is 3.34. The van der Waals surface area contributed by atoms with Crippen LogP contribution in [0, 0.1) is 26.6 Å². The van der Waals surface area contributed by atoms with E-state index in [-0.39, 0.29) is 16.8 Å². The molecule has 13 heteroatoms. The molecule has 0 saturated heterocycles. The fourth-order valence-corrected chi connectivity index (χ4v) is 3.34. The van der Waals surface area contributed by atoms with Gasteiger partial charge in [0, 0.05) is 18.4 Å². The Morgan fingerprint density at radius 2 is 1.82 bits per heavy atom. The van der Waals surface area contributed by atoms with E-state index in [2.05, 4.69) is 25.3 Å². The van der Waals surface area contributed by atoms with Crippen LogP contribution in [0.25, 0.3) is 0 Å². The lowest BCUT2D eigenvalue weighted by Crippen LogP contribution is -2.32. The van der Waals surface area contributed by atoms with Crippen LogP contribution in [-0.2, 0) is 24.6 Å². The first-order valence-electron chi connectivity index (χ1n) is 9.77. The minimum Gasteiger partial charge on any atom is -0.344 e. The molecule has 3 rings (SSSR count). The number of halogens is 4. The molecule has 3 aromatic rings. The second kappa shape index (κ2) is 9.08. The third kappa shape index (κ3) is 4.82. The lowest BCUT2D eigenvalue weighted by Gasteiger charge is -2.07. The van der Waals surface area contributed by atoms with Crippen LogP contribution in [0.1, 0.15) is 49.4 Å². The van der Waals surface area contributed by atoms with Gasteiger partial charge in [-0.25, -0.2) is 4.39 Å². The fraction of sp³-hybridized carbons (Fsp3) is 0.286. The highest BCUT2D eigenvalue weighted by Gasteiger charge is 2.37. The summed E-state index contributed by atoms with van der Waals surface area (Å²) in [5, 5.41) is 7.51. The molecule has 9 nitrogen and oxygen atoms in total. The van der Waals surface area contributed by atoms with Gasteiger partial charge in [0.25, 0.3) is 23.4 Å². The van der Waals surface area contributed by atoms with Gasteiger partial charge >= 0.3 is 6.18 Å². The Morgan fingerprint density at radius 1 is 1.15 bits per heavy atom. The highest BCUT2D eigenvalue weighted by molar-refractivity contribution is 6.43. The van der Waals surface area contributed by atoms with E-state index in [1.54, 1.807) is 6.92 Å². The summed E-state index contributed by atoms with van der Waals surface area (Å²) in [5.41, 5.74) is 1.33. The summed E-state index contributed by atoms with van der Waals surface area (Å²) < 4.78 is 56.9. The molecule has 180 valence electrons. The number of aromatic nitrogens is 3. The molecule has 0 bridgehead atoms. The molecule has 2 heterocycles. The molecular formula is C21H19F4N5O4. The Balaban J connectivity index is 1.77. The van der Waals surface area contributed by atoms with Gasteiger partial charge < -0.3 is 19.7 Å². The lowest BCUT2D eigenvalue weighted by molar-refractivity contribution is -0.146. The standard InChI is InChI=1S/C21H19F4N5O4/c1-9-7-12(5-6-13(9)22)27-18(32)15-10(2)16(30(4)11(15)3)17(31)19(33)26-8-14-28-20(29-34-14)21(23,24)25/h5-7H,8H2,1-4H3,(H,26,33)(H,27,32). The van der Waals surface area contributed by atoms with Gasteiger partial charge in [-0.05, 0) is 50.1 Å². The zero-order valence-electron chi connectivity index (χ0n) is 18.4. The molecule has 0 spiro atoms. The predicted octanol–water partition coefficient (Wildman–Crippen LogP) is 3.24. The maximum absolute atomic E-state index is 13.5. The van der Waals surface area contributed by atoms with Crippen molar-refractivity contribution in [3.63, 3.8) is 0 Å². The SMILES string of the molecule is Cc1cc(NC(=O)c2c(C)c(C(=O)C(=O)NCc3nc(C(F)(F)F)no3)n(C)c2C)ccc1F. The highest BCUT2D eigenvalue weighted by atomic mass is 19.4. The molecule has 0 aliphatic heterocycles. The second-order valence-corrected chi connectivity index (χ2v) is 7.43. The molecule has 1 aromatic carbocycles. The number of nitrogens with one attached hydrogen (secondary N) is 2. The summed E-state index contributed by atoms with van der Waals surface area (Å²) in [4.78, 5) is 41.1. The van der Waals surface area contributed by atoms with E-state index < -0.39 is 47.9 Å². The van der Waals surface area contributed by atoms with Crippen molar-refractivity contribution in [2.24, 2.45) is 7.05 Å². The number of anilines is 1. The average Bonchev–Trinajstić information content (AvgIpc) is 3.32. The van der Waals surface area contributed by atoms with Crippen molar-refractivity contribution in [2.75, 3.05) is 5.32 Å². The number of carbonyl (C=O) groups excluding carboxylic acids is 3. The van der Waals surface area contributed by atoms with Crippen LogP contribution in [0.4, 0.5) is 23.2 Å². The van der Waals surface area contributed by atoms with Crippen molar-refractivity contribution >= 4 is 23.3 Å². The first-order chi connectivity index (χ1) is 15.8. The first kappa shape index (κ1) is 24.6. The summed E-state index contributed by atoms with van der Waals surface area (Å²) in [7, 11) is 1.48. The van der Waals surface area contributed by atoms with Crippen LogP contribution >= 0.6 is 0 Å². The molecule has 2 N–H and O–H groups in total. The molecule has 0 aliphatic rings. The van der Waals surface area contributed by atoms with Gasteiger partial charge in [-0.2, -0.15) is 18.2 Å². The van der Waals surface area contributed by atoms with Gasteiger partial charge in [-0.1, -0.05) is 5.16 Å². The summed E-state index contributed by atoms with van der Waals surface area (Å²) in [5.74, 6) is -5.21. The smallest absolute Gasteiger partial charge is 0.344 e. The van der Waals surface area contributed by atoms with E-state index >= 15 is 0 Å². The van der Waals surface area contributed by atoms with Gasteiger partial charge in [0.05, 0.1) is 17.8 Å². The molecule has 34 heavy (non-hydrogen) atoms. The summed E-state index contributed by atoms with van der Waals surface area (Å²) in [6.45, 7) is 3.99. The van der Waals surface area contributed by atoms with Crippen molar-refractivity contribution in [1.29, 1.82) is 0 Å². The van der Waals surface area contributed by atoms with Crippen molar-refractivity contribution in [3.05, 3.63) is 63.8 Å². The minimum atomic E-state index is -4.82. The molecule has 0 atom stereocenters. The summed E-state index contributed by atoms with van der Waals surface area (Å²) in [6.07, 6.45) is -4.82. The molecule has 0 unspecified atom stereocenters. The van der Waals surface area contributed by atoms with Gasteiger partial charge in [0.2, 0.25) is 5.89 Å². The number of hydrogen-bond donors (Lipinski definition) is 2. The first-order valence-corrected chi connectivity index (χ1v) is 9.77. The third-order valence-electron chi connectivity index (χ3n) is 5.12. The van der Waals surface area contributed by atoms with Crippen LogP contribution in [0.5, 0.6) is 0 Å². The maximum atomic E-state index is 13.5. The van der Waals surface area contributed by atoms with Crippen LogP contribution in [0.2, 0.25) is 0 Å². The Bertz CT molecular complexity index is 1290. The zero-order valence-corrected chi connectivity index (χ0v) is 18.4. The van der Waals surface area contributed by atoms with Gasteiger partial charge in [0.15, 0.2) is 0 Å². The van der Waals surface area contributed by atoms with Crippen LogP contribution in [0.15, 0.2) is 22.7 Å². The third-order valence-corrected chi connectivity index (χ3v) is 5.12. The second-order valence-electron chi connectivity index (χ2n) is 7.43. The monoisotopic (exact) mass is 481 g/mol. The quantitative estimate of drug-likeness (QED) is 0.317. The van der Waals surface area contributed by atoms with Crippen LogP contribution in [0.3, 0.4) is 0 Å². The Labute approximate surface area is 190 Å². The van der Waals surface area contributed by atoms with E-state index in [4.69, 9.17) is 0 Å².